The highest BCUT2D eigenvalue weighted by Gasteiger charge is 2.31. The minimum atomic E-state index is -0.718. The van der Waals surface area contributed by atoms with Crippen LogP contribution in [0.1, 0.15) is 12.0 Å². The Morgan fingerprint density at radius 2 is 2.16 bits per heavy atom. The Morgan fingerprint density at radius 3 is 2.89 bits per heavy atom. The molecule has 0 bridgehead atoms. The summed E-state index contributed by atoms with van der Waals surface area (Å²) in [4.78, 5) is 16.4. The van der Waals surface area contributed by atoms with Crippen LogP contribution in [0.5, 0.6) is 11.5 Å². The van der Waals surface area contributed by atoms with Crippen LogP contribution in [0, 0.1) is 0 Å². The number of fused-ring (bicyclic) bond motifs is 1. The lowest BCUT2D eigenvalue weighted by Gasteiger charge is -2.06. The van der Waals surface area contributed by atoms with Crippen LogP contribution in [0.2, 0.25) is 0 Å². The molecule has 0 amide bonds. The van der Waals surface area contributed by atoms with Crippen molar-refractivity contribution in [2.45, 2.75) is 12.5 Å². The third-order valence-corrected chi connectivity index (χ3v) is 2.99. The summed E-state index contributed by atoms with van der Waals surface area (Å²) in [5.74, 6) is 0.747. The molecule has 0 aliphatic carbocycles. The molecule has 0 aromatic heterocycles. The number of methoxy groups -OCH3 is 1. The highest BCUT2D eigenvalue weighted by Crippen LogP contribution is 2.37. The van der Waals surface area contributed by atoms with Crippen molar-refractivity contribution in [2.75, 3.05) is 19.6 Å². The fraction of sp³-hybridized carbons (Fsp3) is 0.333. The molecule has 1 unspecified atom stereocenters. The maximum Gasteiger partial charge on any atom is 0.350 e. The van der Waals surface area contributed by atoms with E-state index in [1.165, 1.54) is 7.11 Å². The van der Waals surface area contributed by atoms with E-state index in [0.717, 1.165) is 0 Å². The molecular formula is C12H12N2O5. The van der Waals surface area contributed by atoms with Crippen LogP contribution < -0.4 is 15.2 Å². The van der Waals surface area contributed by atoms with Crippen LogP contribution in [0.25, 0.3) is 0 Å². The van der Waals surface area contributed by atoms with Gasteiger partial charge >= 0.3 is 5.97 Å². The Balaban J connectivity index is 1.86. The molecule has 0 radical (unpaired) electrons. The average Bonchev–Trinajstić information content (AvgIpc) is 3.04. The van der Waals surface area contributed by atoms with E-state index in [2.05, 4.69) is 9.89 Å². The lowest BCUT2D eigenvalue weighted by Crippen LogP contribution is -2.22. The standard InChI is InChI=1S/C12H12N2O5/c1-16-12(15)11-4-8(14-19-11)6-2-9-10(3-7(6)13)18-5-17-9/h2-3,11H,4-5,13H2,1H3. The third kappa shape index (κ3) is 1.92. The summed E-state index contributed by atoms with van der Waals surface area (Å²) in [5, 5.41) is 3.88. The number of nitrogen functional groups attached to an aromatic ring is 1. The number of carbonyl (C=O) groups is 1. The van der Waals surface area contributed by atoms with E-state index in [9.17, 15) is 4.79 Å². The van der Waals surface area contributed by atoms with Gasteiger partial charge in [-0.15, -0.1) is 0 Å². The molecule has 3 rings (SSSR count). The molecule has 0 fully saturated rings. The zero-order valence-corrected chi connectivity index (χ0v) is 10.2. The Bertz CT molecular complexity index is 569. The lowest BCUT2D eigenvalue weighted by molar-refractivity contribution is -0.152. The number of carbonyl (C=O) groups excluding carboxylic acids is 1. The van der Waals surface area contributed by atoms with Crippen molar-refractivity contribution in [1.82, 2.24) is 0 Å². The number of benzene rings is 1. The van der Waals surface area contributed by atoms with Crippen molar-refractivity contribution in [2.24, 2.45) is 5.16 Å². The first-order valence-corrected chi connectivity index (χ1v) is 5.69. The van der Waals surface area contributed by atoms with Gasteiger partial charge in [-0.25, -0.2) is 4.79 Å². The number of rotatable bonds is 2. The van der Waals surface area contributed by atoms with Gasteiger partial charge in [0, 0.05) is 23.7 Å². The molecule has 0 spiro atoms. The van der Waals surface area contributed by atoms with Gasteiger partial charge in [-0.1, -0.05) is 5.16 Å². The number of ether oxygens (including phenoxy) is 3. The van der Waals surface area contributed by atoms with Gasteiger partial charge in [0.2, 0.25) is 12.9 Å². The topological polar surface area (TPSA) is 92.4 Å². The third-order valence-electron chi connectivity index (χ3n) is 2.99. The second-order valence-electron chi connectivity index (χ2n) is 4.15. The zero-order chi connectivity index (χ0) is 13.4. The van der Waals surface area contributed by atoms with Gasteiger partial charge in [0.05, 0.1) is 12.8 Å². The summed E-state index contributed by atoms with van der Waals surface area (Å²) in [7, 11) is 1.30. The maximum atomic E-state index is 11.4. The molecule has 7 nitrogen and oxygen atoms in total. The smallest absolute Gasteiger partial charge is 0.350 e. The molecule has 0 saturated carbocycles. The largest absolute Gasteiger partial charge is 0.466 e. The highest BCUT2D eigenvalue weighted by molar-refractivity contribution is 6.07. The van der Waals surface area contributed by atoms with Gasteiger partial charge in [0.15, 0.2) is 11.5 Å². The fourth-order valence-corrected chi connectivity index (χ4v) is 2.00. The van der Waals surface area contributed by atoms with Gasteiger partial charge < -0.3 is 24.8 Å². The van der Waals surface area contributed by atoms with E-state index in [0.29, 0.717) is 34.9 Å². The van der Waals surface area contributed by atoms with Crippen LogP contribution in [-0.2, 0) is 14.4 Å². The fourth-order valence-electron chi connectivity index (χ4n) is 2.00. The Morgan fingerprint density at radius 1 is 1.42 bits per heavy atom. The van der Waals surface area contributed by atoms with Crippen LogP contribution in [-0.4, -0.2) is 31.7 Å². The van der Waals surface area contributed by atoms with Gasteiger partial charge in [-0.3, -0.25) is 0 Å². The predicted octanol–water partition coefficient (Wildman–Crippen LogP) is 0.663. The minimum absolute atomic E-state index is 0.173. The number of anilines is 1. The van der Waals surface area contributed by atoms with E-state index < -0.39 is 12.1 Å². The molecule has 0 saturated heterocycles. The maximum absolute atomic E-state index is 11.4. The van der Waals surface area contributed by atoms with Crippen molar-refractivity contribution >= 4 is 17.4 Å². The first-order chi connectivity index (χ1) is 9.19. The SMILES string of the molecule is COC(=O)C1CC(c2cc3c(cc2N)OCO3)=NO1. The molecule has 2 aliphatic rings. The number of hydrogen-bond acceptors (Lipinski definition) is 7. The van der Waals surface area contributed by atoms with Crippen molar-refractivity contribution in [3.05, 3.63) is 17.7 Å². The molecule has 1 atom stereocenters. The van der Waals surface area contributed by atoms with Crippen molar-refractivity contribution < 1.29 is 23.8 Å². The van der Waals surface area contributed by atoms with Crippen molar-refractivity contribution in [3.63, 3.8) is 0 Å². The average molecular weight is 264 g/mol. The molecule has 19 heavy (non-hydrogen) atoms. The van der Waals surface area contributed by atoms with E-state index in [4.69, 9.17) is 20.0 Å². The van der Waals surface area contributed by atoms with Gasteiger partial charge in [-0.2, -0.15) is 0 Å². The first kappa shape index (κ1) is 11.6. The molecule has 100 valence electrons. The number of nitrogens with zero attached hydrogens (tertiary/aromatic N) is 1. The quantitative estimate of drug-likeness (QED) is 0.623. The zero-order valence-electron chi connectivity index (χ0n) is 10.2. The lowest BCUT2D eigenvalue weighted by atomic mass is 10.0. The molecule has 2 N–H and O–H groups in total. The van der Waals surface area contributed by atoms with Gasteiger partial charge in [0.25, 0.3) is 0 Å². The summed E-state index contributed by atoms with van der Waals surface area (Å²) >= 11 is 0. The molecule has 7 heteroatoms. The number of nitrogens with two attached hydrogens (primary N) is 1. The summed E-state index contributed by atoms with van der Waals surface area (Å²) in [6, 6.07) is 3.41. The highest BCUT2D eigenvalue weighted by atomic mass is 16.7. The van der Waals surface area contributed by atoms with Crippen molar-refractivity contribution in [3.8, 4) is 11.5 Å². The Hall–Kier alpha value is -2.44. The van der Waals surface area contributed by atoms with Gasteiger partial charge in [-0.05, 0) is 6.07 Å². The molecular weight excluding hydrogens is 252 g/mol. The minimum Gasteiger partial charge on any atom is -0.466 e. The van der Waals surface area contributed by atoms with E-state index in [1.54, 1.807) is 12.1 Å². The van der Waals surface area contributed by atoms with Crippen LogP contribution in [0.4, 0.5) is 5.69 Å². The Kier molecular flexibility index (Phi) is 2.66. The van der Waals surface area contributed by atoms with Crippen LogP contribution in [0.15, 0.2) is 17.3 Å². The molecule has 2 aliphatic heterocycles. The predicted molar refractivity (Wildman–Crippen MR) is 65.0 cm³/mol. The first-order valence-electron chi connectivity index (χ1n) is 5.69. The number of esters is 1. The summed E-state index contributed by atoms with van der Waals surface area (Å²) in [6.07, 6.45) is -0.402. The summed E-state index contributed by atoms with van der Waals surface area (Å²) < 4.78 is 15.1. The van der Waals surface area contributed by atoms with E-state index >= 15 is 0 Å². The molecule has 1 aromatic rings. The van der Waals surface area contributed by atoms with E-state index in [-0.39, 0.29) is 6.79 Å². The second kappa shape index (κ2) is 4.34. The molecule has 2 heterocycles. The van der Waals surface area contributed by atoms with Crippen LogP contribution in [0.3, 0.4) is 0 Å². The number of oxime groups is 1. The summed E-state index contributed by atoms with van der Waals surface area (Å²) in [6.45, 7) is 0.173. The number of hydrogen-bond donors (Lipinski definition) is 1. The molecule has 1 aromatic carbocycles. The summed E-state index contributed by atoms with van der Waals surface area (Å²) in [5.41, 5.74) is 7.70. The van der Waals surface area contributed by atoms with Crippen LogP contribution >= 0.6 is 0 Å². The normalized spacial score (nSPS) is 19.8. The Labute approximate surface area is 108 Å². The second-order valence-corrected chi connectivity index (χ2v) is 4.15. The van der Waals surface area contributed by atoms with Gasteiger partial charge in [0.1, 0.15) is 0 Å². The van der Waals surface area contributed by atoms with E-state index in [1.807, 2.05) is 0 Å². The van der Waals surface area contributed by atoms with Crippen molar-refractivity contribution in [1.29, 1.82) is 0 Å². The monoisotopic (exact) mass is 264 g/mol.